The van der Waals surface area contributed by atoms with Crippen LogP contribution in [0.15, 0.2) is 71.7 Å². The number of carbonyl (C=O) groups is 2. The van der Waals surface area contributed by atoms with Crippen LogP contribution in [0.3, 0.4) is 0 Å². The van der Waals surface area contributed by atoms with Crippen molar-refractivity contribution in [3.63, 3.8) is 0 Å². The molecule has 2 N–H and O–H groups in total. The van der Waals surface area contributed by atoms with Crippen LogP contribution in [0.25, 0.3) is 6.08 Å². The minimum Gasteiger partial charge on any atom is -0.350 e. The molecular weight excluding hydrogens is 448 g/mol. The number of aryl methyl sites for hydroxylation is 1. The number of thiophene rings is 1. The molecule has 0 aliphatic heterocycles. The van der Waals surface area contributed by atoms with Crippen LogP contribution in [0.1, 0.15) is 26.4 Å². The maximum absolute atomic E-state index is 12.8. The summed E-state index contributed by atoms with van der Waals surface area (Å²) in [5.74, 6) is 0.948. The predicted molar refractivity (Wildman–Crippen MR) is 132 cm³/mol. The van der Waals surface area contributed by atoms with E-state index in [0.29, 0.717) is 12.1 Å². The van der Waals surface area contributed by atoms with E-state index >= 15 is 0 Å². The van der Waals surface area contributed by atoms with E-state index in [-0.39, 0.29) is 17.5 Å². The van der Waals surface area contributed by atoms with E-state index in [9.17, 15) is 9.59 Å². The van der Waals surface area contributed by atoms with Gasteiger partial charge in [-0.1, -0.05) is 47.5 Å². The molecule has 0 aliphatic carbocycles. The Morgan fingerprint density at radius 2 is 1.94 bits per heavy atom. The van der Waals surface area contributed by atoms with Crippen molar-refractivity contribution in [2.24, 2.45) is 0 Å². The number of thioether (sulfide) groups is 1. The fourth-order valence-electron chi connectivity index (χ4n) is 2.80. The molecule has 0 saturated carbocycles. The molecule has 0 aliphatic rings. The lowest BCUT2D eigenvalue weighted by atomic mass is 10.1. The third kappa shape index (κ3) is 7.58. The van der Waals surface area contributed by atoms with Gasteiger partial charge in [0.05, 0.1) is 0 Å². The molecule has 4 nitrogen and oxygen atoms in total. The highest BCUT2D eigenvalue weighted by Crippen LogP contribution is 2.16. The molecule has 0 spiro atoms. The number of rotatable bonds is 9. The Morgan fingerprint density at radius 1 is 1.10 bits per heavy atom. The first-order valence-corrected chi connectivity index (χ1v) is 12.2. The molecule has 7 heteroatoms. The largest absolute Gasteiger partial charge is 0.350 e. The van der Waals surface area contributed by atoms with E-state index in [2.05, 4.69) is 10.6 Å². The highest BCUT2D eigenvalue weighted by atomic mass is 35.5. The molecule has 1 aromatic heterocycles. The SMILES string of the molecule is Cc1cccc(C(=O)N/C(=C\c2cccs2)C(=O)NCCSCc2cccc(Cl)c2)c1. The van der Waals surface area contributed by atoms with E-state index < -0.39 is 0 Å². The molecule has 0 bridgehead atoms. The van der Waals surface area contributed by atoms with E-state index in [0.717, 1.165) is 32.5 Å². The van der Waals surface area contributed by atoms with Gasteiger partial charge in [-0.15, -0.1) is 11.3 Å². The van der Waals surface area contributed by atoms with Crippen molar-refractivity contribution in [3.05, 3.63) is 98.3 Å². The number of benzene rings is 2. The molecule has 1 heterocycles. The van der Waals surface area contributed by atoms with Crippen molar-refractivity contribution in [1.29, 1.82) is 0 Å². The van der Waals surface area contributed by atoms with Crippen LogP contribution in [-0.4, -0.2) is 24.1 Å². The van der Waals surface area contributed by atoms with E-state index in [1.165, 1.54) is 11.3 Å². The van der Waals surface area contributed by atoms with Gasteiger partial charge in [-0.2, -0.15) is 11.8 Å². The first-order chi connectivity index (χ1) is 15.0. The third-order valence-electron chi connectivity index (χ3n) is 4.29. The van der Waals surface area contributed by atoms with Gasteiger partial charge in [0.15, 0.2) is 0 Å². The highest BCUT2D eigenvalue weighted by molar-refractivity contribution is 7.98. The molecule has 2 aromatic carbocycles. The van der Waals surface area contributed by atoms with Crippen molar-refractivity contribution < 1.29 is 9.59 Å². The Bertz CT molecular complexity index is 1060. The lowest BCUT2D eigenvalue weighted by Gasteiger charge is -2.11. The molecule has 3 aromatic rings. The van der Waals surface area contributed by atoms with Crippen molar-refractivity contribution in [2.75, 3.05) is 12.3 Å². The van der Waals surface area contributed by atoms with Crippen LogP contribution in [0.2, 0.25) is 5.02 Å². The summed E-state index contributed by atoms with van der Waals surface area (Å²) in [6.07, 6.45) is 1.70. The summed E-state index contributed by atoms with van der Waals surface area (Å²) in [5, 5.41) is 8.31. The average Bonchev–Trinajstić information content (AvgIpc) is 3.26. The summed E-state index contributed by atoms with van der Waals surface area (Å²) in [6.45, 7) is 2.42. The molecule has 0 unspecified atom stereocenters. The van der Waals surface area contributed by atoms with Crippen molar-refractivity contribution in [2.45, 2.75) is 12.7 Å². The number of hydrogen-bond acceptors (Lipinski definition) is 4. The monoisotopic (exact) mass is 470 g/mol. The zero-order valence-corrected chi connectivity index (χ0v) is 19.4. The Labute approximate surface area is 195 Å². The number of halogens is 1. The second-order valence-corrected chi connectivity index (χ2v) is 9.36. The van der Waals surface area contributed by atoms with Crippen molar-refractivity contribution >= 4 is 52.6 Å². The van der Waals surface area contributed by atoms with Gasteiger partial charge in [-0.3, -0.25) is 9.59 Å². The van der Waals surface area contributed by atoms with Gasteiger partial charge in [0, 0.05) is 33.5 Å². The quantitative estimate of drug-likeness (QED) is 0.319. The van der Waals surface area contributed by atoms with E-state index in [4.69, 9.17) is 11.6 Å². The molecule has 0 radical (unpaired) electrons. The van der Waals surface area contributed by atoms with Crippen molar-refractivity contribution in [3.8, 4) is 0 Å². The van der Waals surface area contributed by atoms with Gasteiger partial charge >= 0.3 is 0 Å². The van der Waals surface area contributed by atoms with Crippen molar-refractivity contribution in [1.82, 2.24) is 10.6 Å². The highest BCUT2D eigenvalue weighted by Gasteiger charge is 2.15. The first kappa shape index (κ1) is 23.1. The summed E-state index contributed by atoms with van der Waals surface area (Å²) in [4.78, 5) is 26.3. The molecule has 31 heavy (non-hydrogen) atoms. The second kappa shape index (κ2) is 11.7. The number of carbonyl (C=O) groups excluding carboxylic acids is 2. The lowest BCUT2D eigenvalue weighted by molar-refractivity contribution is -0.117. The number of amides is 2. The fraction of sp³-hybridized carbons (Fsp3) is 0.167. The zero-order chi connectivity index (χ0) is 22.1. The molecular formula is C24H23ClN2O2S2. The minimum atomic E-state index is -0.308. The normalized spacial score (nSPS) is 11.2. The Kier molecular flexibility index (Phi) is 8.76. The number of nitrogens with one attached hydrogen (secondary N) is 2. The van der Waals surface area contributed by atoms with Crippen LogP contribution < -0.4 is 10.6 Å². The maximum atomic E-state index is 12.8. The average molecular weight is 471 g/mol. The molecule has 0 fully saturated rings. The molecule has 3 rings (SSSR count). The maximum Gasteiger partial charge on any atom is 0.267 e. The van der Waals surface area contributed by atoms with E-state index in [1.54, 1.807) is 30.0 Å². The van der Waals surface area contributed by atoms with Gasteiger partial charge in [0.25, 0.3) is 11.8 Å². The summed E-state index contributed by atoms with van der Waals surface area (Å²) >= 11 is 9.22. The Balaban J connectivity index is 1.57. The van der Waals surface area contributed by atoms with Crippen LogP contribution in [0.4, 0.5) is 0 Å². The summed E-state index contributed by atoms with van der Waals surface area (Å²) in [7, 11) is 0. The van der Waals surface area contributed by atoms with Gasteiger partial charge < -0.3 is 10.6 Å². The molecule has 0 saturated heterocycles. The van der Waals surface area contributed by atoms with Crippen LogP contribution in [-0.2, 0) is 10.5 Å². The topological polar surface area (TPSA) is 58.2 Å². The molecule has 2 amide bonds. The minimum absolute atomic E-state index is 0.230. The van der Waals surface area contributed by atoms with Crippen LogP contribution in [0.5, 0.6) is 0 Å². The number of hydrogen-bond donors (Lipinski definition) is 2. The third-order valence-corrected chi connectivity index (χ3v) is 6.38. The summed E-state index contributed by atoms with van der Waals surface area (Å²) in [5.41, 5.74) is 2.88. The molecule has 160 valence electrons. The first-order valence-electron chi connectivity index (χ1n) is 9.75. The summed E-state index contributed by atoms with van der Waals surface area (Å²) < 4.78 is 0. The summed E-state index contributed by atoms with van der Waals surface area (Å²) in [6, 6.07) is 18.8. The lowest BCUT2D eigenvalue weighted by Crippen LogP contribution is -2.35. The Morgan fingerprint density at radius 3 is 2.68 bits per heavy atom. The van der Waals surface area contributed by atoms with Crippen LogP contribution in [0, 0.1) is 6.92 Å². The van der Waals surface area contributed by atoms with Gasteiger partial charge in [0.1, 0.15) is 5.70 Å². The van der Waals surface area contributed by atoms with E-state index in [1.807, 2.05) is 60.8 Å². The molecule has 0 atom stereocenters. The predicted octanol–water partition coefficient (Wildman–Crippen LogP) is 5.53. The van der Waals surface area contributed by atoms with Gasteiger partial charge in [-0.25, -0.2) is 0 Å². The smallest absolute Gasteiger partial charge is 0.267 e. The van der Waals surface area contributed by atoms with Crippen LogP contribution >= 0.6 is 34.7 Å². The van der Waals surface area contributed by atoms with Gasteiger partial charge in [-0.05, 0) is 54.3 Å². The Hall–Kier alpha value is -2.54. The fourth-order valence-corrected chi connectivity index (χ4v) is 4.48. The zero-order valence-electron chi connectivity index (χ0n) is 17.1. The second-order valence-electron chi connectivity index (χ2n) is 6.84. The van der Waals surface area contributed by atoms with Gasteiger partial charge in [0.2, 0.25) is 0 Å². The standard InChI is InChI=1S/C24H23ClN2O2S2/c1-17-5-2-7-19(13-17)23(28)27-22(15-21-9-4-11-31-21)24(29)26-10-12-30-16-18-6-3-8-20(25)14-18/h2-9,11,13-15H,10,12,16H2,1H3,(H,26,29)(H,27,28)/b22-15-.